The summed E-state index contributed by atoms with van der Waals surface area (Å²) in [5.41, 5.74) is 1.07. The third-order valence-electron chi connectivity index (χ3n) is 5.22. The van der Waals surface area contributed by atoms with Gasteiger partial charge in [0.1, 0.15) is 6.10 Å². The van der Waals surface area contributed by atoms with Gasteiger partial charge in [-0.1, -0.05) is 18.6 Å². The van der Waals surface area contributed by atoms with Crippen molar-refractivity contribution in [3.8, 4) is 0 Å². The van der Waals surface area contributed by atoms with E-state index in [0.717, 1.165) is 31.1 Å². The summed E-state index contributed by atoms with van der Waals surface area (Å²) in [6.07, 6.45) is 7.21. The van der Waals surface area contributed by atoms with Crippen LogP contribution in [-0.4, -0.2) is 28.9 Å². The molecule has 0 amide bonds. The molecule has 1 aliphatic heterocycles. The summed E-state index contributed by atoms with van der Waals surface area (Å²) in [7, 11) is 0. The number of aliphatic hydroxyl groups excluding tert-OH is 1. The van der Waals surface area contributed by atoms with Gasteiger partial charge in [0, 0.05) is 17.4 Å². The lowest BCUT2D eigenvalue weighted by Crippen LogP contribution is -2.53. The molecule has 0 aromatic carbocycles. The van der Waals surface area contributed by atoms with Crippen LogP contribution in [0.2, 0.25) is 0 Å². The summed E-state index contributed by atoms with van der Waals surface area (Å²) in [4.78, 5) is 12.0. The number of ketones is 1. The number of ether oxygens (including phenoxy) is 2. The molecule has 114 valence electrons. The highest BCUT2D eigenvalue weighted by atomic mass is 16.8. The van der Waals surface area contributed by atoms with Crippen molar-refractivity contribution < 1.29 is 19.4 Å². The van der Waals surface area contributed by atoms with E-state index in [-0.39, 0.29) is 18.0 Å². The molecular formula is C17H22O4. The fourth-order valence-corrected chi connectivity index (χ4v) is 3.94. The number of allylic oxidation sites excluding steroid dienone is 2. The number of hydrogen-bond acceptors (Lipinski definition) is 4. The summed E-state index contributed by atoms with van der Waals surface area (Å²) >= 11 is 0. The molecule has 0 aromatic heterocycles. The van der Waals surface area contributed by atoms with Crippen LogP contribution in [0.4, 0.5) is 0 Å². The van der Waals surface area contributed by atoms with Gasteiger partial charge in [-0.05, 0) is 32.3 Å². The van der Waals surface area contributed by atoms with E-state index in [1.54, 1.807) is 12.2 Å². The van der Waals surface area contributed by atoms with Crippen molar-refractivity contribution >= 4 is 5.78 Å². The van der Waals surface area contributed by atoms with Crippen LogP contribution in [0.3, 0.4) is 0 Å². The highest BCUT2D eigenvalue weighted by Gasteiger charge is 2.61. The normalized spacial score (nSPS) is 44.8. The van der Waals surface area contributed by atoms with Gasteiger partial charge < -0.3 is 14.6 Å². The van der Waals surface area contributed by atoms with Crippen LogP contribution in [-0.2, 0) is 14.3 Å². The maximum atomic E-state index is 12.0. The minimum Gasteiger partial charge on any atom is -0.515 e. The lowest BCUT2D eigenvalue weighted by molar-refractivity contribution is -0.245. The van der Waals surface area contributed by atoms with Crippen molar-refractivity contribution in [2.45, 2.75) is 57.5 Å². The fraction of sp³-hybridized carbons (Fsp3) is 0.588. The van der Waals surface area contributed by atoms with E-state index in [9.17, 15) is 9.90 Å². The van der Waals surface area contributed by atoms with Crippen LogP contribution >= 0.6 is 0 Å². The Morgan fingerprint density at radius 2 is 2.24 bits per heavy atom. The predicted octanol–water partition coefficient (Wildman–Crippen LogP) is 3.20. The second-order valence-electron chi connectivity index (χ2n) is 6.44. The molecule has 2 fully saturated rings. The first-order valence-corrected chi connectivity index (χ1v) is 7.52. The molecule has 4 atom stereocenters. The van der Waals surface area contributed by atoms with E-state index in [1.807, 2.05) is 6.92 Å². The van der Waals surface area contributed by atoms with E-state index in [4.69, 9.17) is 9.47 Å². The molecule has 1 spiro atoms. The number of fused-ring (bicyclic) bond motifs is 2. The third kappa shape index (κ3) is 1.93. The second-order valence-corrected chi connectivity index (χ2v) is 6.44. The van der Waals surface area contributed by atoms with Gasteiger partial charge in [0.05, 0.1) is 12.4 Å². The van der Waals surface area contributed by atoms with Crippen molar-refractivity contribution in [2.24, 2.45) is 5.41 Å². The zero-order valence-electron chi connectivity index (χ0n) is 12.6. The monoisotopic (exact) mass is 290 g/mol. The summed E-state index contributed by atoms with van der Waals surface area (Å²) in [5.74, 6) is -0.835. The molecule has 2 aliphatic carbocycles. The Labute approximate surface area is 125 Å². The zero-order valence-corrected chi connectivity index (χ0v) is 12.6. The molecule has 3 aliphatic rings. The molecule has 1 saturated carbocycles. The first kappa shape index (κ1) is 14.5. The van der Waals surface area contributed by atoms with Gasteiger partial charge in [0.15, 0.2) is 11.6 Å². The number of carbonyl (C=O) groups is 1. The van der Waals surface area contributed by atoms with Gasteiger partial charge in [0.25, 0.3) is 0 Å². The summed E-state index contributed by atoms with van der Waals surface area (Å²) in [6.45, 7) is 7.88. The topological polar surface area (TPSA) is 55.8 Å². The van der Waals surface area contributed by atoms with Crippen LogP contribution < -0.4 is 0 Å². The summed E-state index contributed by atoms with van der Waals surface area (Å²) in [6, 6.07) is 0. The molecule has 1 unspecified atom stereocenters. The van der Waals surface area contributed by atoms with Gasteiger partial charge in [-0.3, -0.25) is 4.79 Å². The van der Waals surface area contributed by atoms with Crippen LogP contribution in [0, 0.1) is 5.41 Å². The average Bonchev–Trinajstić information content (AvgIpc) is 2.78. The number of carbonyl (C=O) groups excluding carboxylic acids is 1. The molecule has 4 nitrogen and oxygen atoms in total. The maximum absolute atomic E-state index is 12.0. The number of rotatable bonds is 1. The Hall–Kier alpha value is -1.39. The quantitative estimate of drug-likeness (QED) is 0.458. The lowest BCUT2D eigenvalue weighted by atomic mass is 9.61. The molecule has 1 saturated heterocycles. The van der Waals surface area contributed by atoms with Gasteiger partial charge in [-0.2, -0.15) is 0 Å². The molecule has 3 rings (SSSR count). The predicted molar refractivity (Wildman–Crippen MR) is 78.7 cm³/mol. The maximum Gasteiger partial charge on any atom is 0.184 e. The van der Waals surface area contributed by atoms with Crippen molar-refractivity contribution in [1.29, 1.82) is 0 Å². The molecule has 21 heavy (non-hydrogen) atoms. The molecule has 4 heteroatoms. The molecule has 1 heterocycles. The smallest absolute Gasteiger partial charge is 0.184 e. The lowest BCUT2D eigenvalue weighted by Gasteiger charge is -2.51. The van der Waals surface area contributed by atoms with E-state index < -0.39 is 11.2 Å². The highest BCUT2D eigenvalue weighted by Crippen LogP contribution is 2.58. The van der Waals surface area contributed by atoms with E-state index in [1.165, 1.54) is 0 Å². The number of aliphatic hydroxyl groups is 1. The van der Waals surface area contributed by atoms with Gasteiger partial charge >= 0.3 is 0 Å². The van der Waals surface area contributed by atoms with Crippen molar-refractivity contribution in [1.82, 2.24) is 0 Å². The van der Waals surface area contributed by atoms with Gasteiger partial charge in [0.2, 0.25) is 0 Å². The summed E-state index contributed by atoms with van der Waals surface area (Å²) < 4.78 is 12.5. The average molecular weight is 290 g/mol. The van der Waals surface area contributed by atoms with Gasteiger partial charge in [-0.15, -0.1) is 6.58 Å². The molecular weight excluding hydrogens is 268 g/mol. The van der Waals surface area contributed by atoms with Crippen molar-refractivity contribution in [2.75, 3.05) is 0 Å². The molecule has 0 bridgehead atoms. The van der Waals surface area contributed by atoms with Crippen molar-refractivity contribution in [3.05, 3.63) is 36.1 Å². The zero-order chi connectivity index (χ0) is 15.3. The van der Waals surface area contributed by atoms with Gasteiger partial charge in [-0.25, -0.2) is 0 Å². The highest BCUT2D eigenvalue weighted by molar-refractivity contribution is 6.05. The van der Waals surface area contributed by atoms with E-state index >= 15 is 0 Å². The Morgan fingerprint density at radius 3 is 2.86 bits per heavy atom. The van der Waals surface area contributed by atoms with E-state index in [2.05, 4.69) is 13.5 Å². The third-order valence-corrected chi connectivity index (χ3v) is 5.22. The van der Waals surface area contributed by atoms with Crippen LogP contribution in [0.25, 0.3) is 0 Å². The first-order valence-electron chi connectivity index (χ1n) is 7.52. The van der Waals surface area contributed by atoms with Crippen LogP contribution in [0.1, 0.15) is 39.5 Å². The first-order chi connectivity index (χ1) is 9.95. The second kappa shape index (κ2) is 4.82. The Bertz CT molecular complexity index is 547. The van der Waals surface area contributed by atoms with Crippen LogP contribution in [0.15, 0.2) is 36.1 Å². The van der Waals surface area contributed by atoms with E-state index in [0.29, 0.717) is 12.0 Å². The minimum atomic E-state index is -0.732. The molecule has 0 aromatic rings. The minimum absolute atomic E-state index is 0.0575. The molecule has 1 N–H and O–H groups in total. The summed E-state index contributed by atoms with van der Waals surface area (Å²) in [5, 5.41) is 9.34. The standard InChI is InChI=1S/C17H22O4/c1-4-15-11(2)20-17(21-15)7-5-6-13-8-14(19)12(10-18)9-16(13,17)3/h4,8,10-11,15,18H,1,5-7,9H2,2-3H3/b12-10-/t11-,15-,16+,17?/m1/s1. The Balaban J connectivity index is 2.06. The van der Waals surface area contributed by atoms with Crippen LogP contribution in [0.5, 0.6) is 0 Å². The Morgan fingerprint density at radius 1 is 1.48 bits per heavy atom. The number of hydrogen-bond donors (Lipinski definition) is 1. The SMILES string of the molecule is C=C[C@H]1OC2(CCCC3=CC(=O)/C(=C\O)C[C@@]32C)O[C@@H]1C. The molecule has 0 radical (unpaired) electrons. The van der Waals surface area contributed by atoms with Crippen molar-refractivity contribution in [3.63, 3.8) is 0 Å². The fourth-order valence-electron chi connectivity index (χ4n) is 3.94. The Kier molecular flexibility index (Phi) is 3.34. The largest absolute Gasteiger partial charge is 0.515 e.